The van der Waals surface area contributed by atoms with Crippen LogP contribution in [0, 0.1) is 5.92 Å². The van der Waals surface area contributed by atoms with Gasteiger partial charge in [-0.1, -0.05) is 12.8 Å². The molecular formula is C22H25N3O4. The number of carbonyl (C=O) groups is 3. The molecule has 0 radical (unpaired) electrons. The molecule has 7 nitrogen and oxygen atoms in total. The van der Waals surface area contributed by atoms with Crippen LogP contribution < -0.4 is 5.32 Å². The number of carbonyl (C=O) groups excluding carboxylic acids is 3. The van der Waals surface area contributed by atoms with E-state index < -0.39 is 0 Å². The molecule has 0 atom stereocenters. The highest BCUT2D eigenvalue weighted by molar-refractivity contribution is 6.02. The number of piperazine rings is 1. The molecule has 3 amide bonds. The lowest BCUT2D eigenvalue weighted by Gasteiger charge is -2.36. The monoisotopic (exact) mass is 395 g/mol. The van der Waals surface area contributed by atoms with Gasteiger partial charge >= 0.3 is 0 Å². The Kier molecular flexibility index (Phi) is 5.64. The van der Waals surface area contributed by atoms with Gasteiger partial charge in [0.1, 0.15) is 0 Å². The van der Waals surface area contributed by atoms with Crippen molar-refractivity contribution < 1.29 is 18.8 Å². The summed E-state index contributed by atoms with van der Waals surface area (Å²) < 4.78 is 5.07. The highest BCUT2D eigenvalue weighted by Crippen LogP contribution is 2.27. The molecule has 152 valence electrons. The zero-order valence-electron chi connectivity index (χ0n) is 16.3. The second-order valence-corrected chi connectivity index (χ2v) is 7.61. The molecule has 1 N–H and O–H groups in total. The molecule has 0 unspecified atom stereocenters. The fourth-order valence-electron chi connectivity index (χ4n) is 4.04. The zero-order chi connectivity index (χ0) is 20.2. The van der Waals surface area contributed by atoms with Gasteiger partial charge in [0.25, 0.3) is 11.8 Å². The van der Waals surface area contributed by atoms with Crippen LogP contribution in [-0.4, -0.2) is 53.7 Å². The molecule has 1 aromatic heterocycles. The first-order valence-corrected chi connectivity index (χ1v) is 10.1. The summed E-state index contributed by atoms with van der Waals surface area (Å²) in [7, 11) is 0. The number of nitrogens with one attached hydrogen (secondary N) is 1. The number of furan rings is 1. The summed E-state index contributed by atoms with van der Waals surface area (Å²) in [4.78, 5) is 41.0. The van der Waals surface area contributed by atoms with Crippen LogP contribution in [0.5, 0.6) is 0 Å². The van der Waals surface area contributed by atoms with Crippen molar-refractivity contribution in [1.82, 2.24) is 9.80 Å². The minimum Gasteiger partial charge on any atom is -0.459 e. The number of nitrogens with zero attached hydrogens (tertiary/aromatic N) is 2. The highest BCUT2D eigenvalue weighted by Gasteiger charge is 2.30. The molecule has 1 aromatic carbocycles. The van der Waals surface area contributed by atoms with Crippen LogP contribution in [0.25, 0.3) is 0 Å². The first-order valence-electron chi connectivity index (χ1n) is 10.1. The van der Waals surface area contributed by atoms with Gasteiger partial charge in [-0.25, -0.2) is 0 Å². The lowest BCUT2D eigenvalue weighted by molar-refractivity contribution is -0.136. The zero-order valence-corrected chi connectivity index (χ0v) is 16.3. The van der Waals surface area contributed by atoms with E-state index in [0.717, 1.165) is 25.7 Å². The van der Waals surface area contributed by atoms with Gasteiger partial charge in [0.15, 0.2) is 5.76 Å². The van der Waals surface area contributed by atoms with Gasteiger partial charge in [-0.05, 0) is 49.2 Å². The molecule has 1 aliphatic heterocycles. The summed E-state index contributed by atoms with van der Waals surface area (Å²) in [6, 6.07) is 10.1. The van der Waals surface area contributed by atoms with Crippen molar-refractivity contribution in [3.63, 3.8) is 0 Å². The van der Waals surface area contributed by atoms with Crippen LogP contribution >= 0.6 is 0 Å². The van der Waals surface area contributed by atoms with Crippen molar-refractivity contribution in [2.45, 2.75) is 25.7 Å². The Balaban J connectivity index is 1.30. The molecule has 7 heteroatoms. The molecule has 2 aliphatic rings. The largest absolute Gasteiger partial charge is 0.459 e. The standard InChI is InChI=1S/C22H25N3O4/c26-20(19-6-3-15-29-19)23-18-9-7-17(8-10-18)22(28)25-13-11-24(12-14-25)21(27)16-4-1-2-5-16/h3,6-10,15-16H,1-2,4-5,11-14H2,(H,23,26). The smallest absolute Gasteiger partial charge is 0.291 e. The summed E-state index contributed by atoms with van der Waals surface area (Å²) in [6.07, 6.45) is 5.74. The van der Waals surface area contributed by atoms with E-state index in [1.165, 1.54) is 6.26 Å². The van der Waals surface area contributed by atoms with E-state index in [2.05, 4.69) is 5.32 Å². The van der Waals surface area contributed by atoms with Gasteiger partial charge in [-0.3, -0.25) is 14.4 Å². The second kappa shape index (κ2) is 8.51. The van der Waals surface area contributed by atoms with Crippen molar-refractivity contribution in [3.8, 4) is 0 Å². The predicted molar refractivity (Wildman–Crippen MR) is 108 cm³/mol. The molecular weight excluding hydrogens is 370 g/mol. The third-order valence-electron chi connectivity index (χ3n) is 5.72. The van der Waals surface area contributed by atoms with E-state index in [1.807, 2.05) is 4.90 Å². The number of rotatable bonds is 4. The molecule has 2 aromatic rings. The minimum atomic E-state index is -0.336. The number of hydrogen-bond acceptors (Lipinski definition) is 4. The maximum absolute atomic E-state index is 12.8. The Labute approximate surface area is 169 Å². The van der Waals surface area contributed by atoms with E-state index in [1.54, 1.807) is 41.3 Å². The van der Waals surface area contributed by atoms with E-state index in [9.17, 15) is 14.4 Å². The van der Waals surface area contributed by atoms with Crippen LogP contribution in [0.3, 0.4) is 0 Å². The van der Waals surface area contributed by atoms with E-state index in [4.69, 9.17) is 4.42 Å². The van der Waals surface area contributed by atoms with Crippen molar-refractivity contribution in [3.05, 3.63) is 54.0 Å². The third-order valence-corrected chi connectivity index (χ3v) is 5.72. The molecule has 1 aliphatic carbocycles. The number of amides is 3. The van der Waals surface area contributed by atoms with Gasteiger partial charge in [0.05, 0.1) is 6.26 Å². The molecule has 29 heavy (non-hydrogen) atoms. The molecule has 2 heterocycles. The summed E-state index contributed by atoms with van der Waals surface area (Å²) in [5.74, 6) is 0.279. The fourth-order valence-corrected chi connectivity index (χ4v) is 4.04. The first-order chi connectivity index (χ1) is 14.1. The fraction of sp³-hybridized carbons (Fsp3) is 0.409. The number of anilines is 1. The summed E-state index contributed by atoms with van der Waals surface area (Å²) in [6.45, 7) is 2.29. The Morgan fingerprint density at radius 2 is 1.55 bits per heavy atom. The average Bonchev–Trinajstić information content (AvgIpc) is 3.48. The Hall–Kier alpha value is -3.09. The van der Waals surface area contributed by atoms with Crippen LogP contribution in [0.15, 0.2) is 47.1 Å². The van der Waals surface area contributed by atoms with Crippen molar-refractivity contribution in [1.29, 1.82) is 0 Å². The van der Waals surface area contributed by atoms with Gasteiger partial charge < -0.3 is 19.5 Å². The van der Waals surface area contributed by atoms with Crippen molar-refractivity contribution in [2.24, 2.45) is 5.92 Å². The quantitative estimate of drug-likeness (QED) is 0.863. The lowest BCUT2D eigenvalue weighted by atomic mass is 10.1. The summed E-state index contributed by atoms with van der Waals surface area (Å²) in [5.41, 5.74) is 1.16. The van der Waals surface area contributed by atoms with Crippen LogP contribution in [0.2, 0.25) is 0 Å². The van der Waals surface area contributed by atoms with E-state index in [-0.39, 0.29) is 29.4 Å². The van der Waals surface area contributed by atoms with E-state index in [0.29, 0.717) is 37.4 Å². The average molecular weight is 395 g/mol. The van der Waals surface area contributed by atoms with Crippen molar-refractivity contribution >= 4 is 23.4 Å². The van der Waals surface area contributed by atoms with Crippen molar-refractivity contribution in [2.75, 3.05) is 31.5 Å². The maximum atomic E-state index is 12.8. The first kappa shape index (κ1) is 19.2. The topological polar surface area (TPSA) is 82.9 Å². The van der Waals surface area contributed by atoms with Crippen LogP contribution in [0.4, 0.5) is 5.69 Å². The molecule has 1 saturated carbocycles. The Morgan fingerprint density at radius 1 is 0.897 bits per heavy atom. The lowest BCUT2D eigenvalue weighted by Crippen LogP contribution is -2.51. The van der Waals surface area contributed by atoms with Gasteiger partial charge in [-0.15, -0.1) is 0 Å². The minimum absolute atomic E-state index is 0.0538. The van der Waals surface area contributed by atoms with Crippen LogP contribution in [-0.2, 0) is 4.79 Å². The van der Waals surface area contributed by atoms with Gasteiger partial charge in [0.2, 0.25) is 5.91 Å². The summed E-state index contributed by atoms with van der Waals surface area (Å²) >= 11 is 0. The molecule has 1 saturated heterocycles. The predicted octanol–water partition coefficient (Wildman–Crippen LogP) is 3.01. The molecule has 0 bridgehead atoms. The Morgan fingerprint density at radius 3 is 2.17 bits per heavy atom. The number of benzene rings is 1. The number of hydrogen-bond donors (Lipinski definition) is 1. The maximum Gasteiger partial charge on any atom is 0.291 e. The molecule has 2 fully saturated rings. The second-order valence-electron chi connectivity index (χ2n) is 7.61. The van der Waals surface area contributed by atoms with Gasteiger partial charge in [-0.2, -0.15) is 0 Å². The summed E-state index contributed by atoms with van der Waals surface area (Å²) in [5, 5.41) is 2.73. The van der Waals surface area contributed by atoms with Crippen LogP contribution in [0.1, 0.15) is 46.6 Å². The third kappa shape index (κ3) is 4.34. The van der Waals surface area contributed by atoms with Gasteiger partial charge in [0, 0.05) is 43.3 Å². The normalized spacial score (nSPS) is 17.4. The highest BCUT2D eigenvalue weighted by atomic mass is 16.3. The van der Waals surface area contributed by atoms with E-state index >= 15 is 0 Å². The Bertz CT molecular complexity index is 862. The molecule has 0 spiro atoms. The SMILES string of the molecule is O=C(Nc1ccc(C(=O)N2CCN(C(=O)C3CCCC3)CC2)cc1)c1ccco1. The molecule has 4 rings (SSSR count).